The Hall–Kier alpha value is -1.40. The van der Waals surface area contributed by atoms with E-state index in [4.69, 9.17) is 9.26 Å². The highest BCUT2D eigenvalue weighted by atomic mass is 16.5. The molecule has 1 aromatic heterocycles. The van der Waals surface area contributed by atoms with E-state index < -0.39 is 5.97 Å². The second-order valence-electron chi connectivity index (χ2n) is 3.89. The number of nitrogens with one attached hydrogen (secondary N) is 1. The number of morpholine rings is 1. The van der Waals surface area contributed by atoms with Crippen LogP contribution in [0.3, 0.4) is 0 Å². The minimum absolute atomic E-state index is 0.0727. The van der Waals surface area contributed by atoms with E-state index in [-0.39, 0.29) is 5.69 Å². The maximum absolute atomic E-state index is 10.8. The van der Waals surface area contributed by atoms with E-state index in [0.717, 1.165) is 13.1 Å². The van der Waals surface area contributed by atoms with Crippen LogP contribution in [-0.4, -0.2) is 37.4 Å². The molecule has 2 heterocycles. The molecule has 0 amide bonds. The molecule has 6 heteroatoms. The molecule has 0 bridgehead atoms. The van der Waals surface area contributed by atoms with Crippen molar-refractivity contribution in [2.24, 2.45) is 0 Å². The number of ether oxygens (including phenoxy) is 1. The Labute approximate surface area is 92.8 Å². The molecule has 1 aliphatic rings. The fraction of sp³-hybridized carbons (Fsp3) is 0.600. The van der Waals surface area contributed by atoms with Crippen molar-refractivity contribution in [2.75, 3.05) is 26.3 Å². The lowest BCUT2D eigenvalue weighted by Gasteiger charge is -2.23. The van der Waals surface area contributed by atoms with Gasteiger partial charge in [0.25, 0.3) is 0 Å². The van der Waals surface area contributed by atoms with Crippen LogP contribution in [0.25, 0.3) is 0 Å². The van der Waals surface area contributed by atoms with Crippen molar-refractivity contribution in [1.82, 2.24) is 5.16 Å². The topological polar surface area (TPSA) is 79.8 Å². The van der Waals surface area contributed by atoms with Crippen LogP contribution < -0.4 is 10.0 Å². The zero-order chi connectivity index (χ0) is 11.5. The van der Waals surface area contributed by atoms with Gasteiger partial charge in [0.1, 0.15) is 31.1 Å². The summed E-state index contributed by atoms with van der Waals surface area (Å²) in [5, 5.41) is 14.3. The maximum Gasteiger partial charge on any atom is 0.143 e. The number of hydrogen-bond donors (Lipinski definition) is 1. The van der Waals surface area contributed by atoms with Crippen molar-refractivity contribution < 1.29 is 24.1 Å². The summed E-state index contributed by atoms with van der Waals surface area (Å²) in [6.07, 6.45) is 0. The third-order valence-electron chi connectivity index (χ3n) is 2.80. The summed E-state index contributed by atoms with van der Waals surface area (Å²) in [7, 11) is 0. The van der Waals surface area contributed by atoms with E-state index in [1.807, 2.05) is 0 Å². The Balaban J connectivity index is 2.12. The molecule has 0 spiro atoms. The third-order valence-corrected chi connectivity index (χ3v) is 2.80. The molecular weight excluding hydrogens is 212 g/mol. The van der Waals surface area contributed by atoms with Crippen LogP contribution >= 0.6 is 0 Å². The minimum atomic E-state index is -1.28. The zero-order valence-electron chi connectivity index (χ0n) is 9.12. The number of quaternary nitrogens is 1. The highest BCUT2D eigenvalue weighted by molar-refractivity contribution is 5.85. The predicted molar refractivity (Wildman–Crippen MR) is 50.8 cm³/mol. The summed E-state index contributed by atoms with van der Waals surface area (Å²) in [4.78, 5) is 12.1. The van der Waals surface area contributed by atoms with Gasteiger partial charge in [-0.15, -0.1) is 0 Å². The molecule has 0 radical (unpaired) electrons. The van der Waals surface area contributed by atoms with E-state index in [2.05, 4.69) is 5.16 Å². The van der Waals surface area contributed by atoms with Gasteiger partial charge in [0.2, 0.25) is 0 Å². The molecule has 0 unspecified atom stereocenters. The molecule has 88 valence electrons. The molecule has 2 rings (SSSR count). The van der Waals surface area contributed by atoms with Crippen molar-refractivity contribution >= 4 is 5.97 Å². The molecule has 16 heavy (non-hydrogen) atoms. The van der Waals surface area contributed by atoms with Gasteiger partial charge in [-0.25, -0.2) is 0 Å². The molecular formula is C10H14N2O4. The van der Waals surface area contributed by atoms with Gasteiger partial charge < -0.3 is 24.1 Å². The van der Waals surface area contributed by atoms with E-state index >= 15 is 0 Å². The number of carboxylic acids is 1. The van der Waals surface area contributed by atoms with Crippen molar-refractivity contribution in [3.05, 3.63) is 17.0 Å². The Morgan fingerprint density at radius 2 is 2.19 bits per heavy atom. The fourth-order valence-corrected chi connectivity index (χ4v) is 1.85. The lowest BCUT2D eigenvalue weighted by molar-refractivity contribution is -0.921. The first-order valence-electron chi connectivity index (χ1n) is 5.26. The monoisotopic (exact) mass is 226 g/mol. The summed E-state index contributed by atoms with van der Waals surface area (Å²) in [5.41, 5.74) is 0.563. The maximum atomic E-state index is 10.8. The van der Waals surface area contributed by atoms with Crippen LogP contribution in [0.15, 0.2) is 4.52 Å². The molecule has 1 N–H and O–H groups in total. The first-order valence-corrected chi connectivity index (χ1v) is 5.26. The van der Waals surface area contributed by atoms with Gasteiger partial charge in [0.15, 0.2) is 0 Å². The molecule has 0 aromatic carbocycles. The fourth-order valence-electron chi connectivity index (χ4n) is 1.85. The largest absolute Gasteiger partial charge is 0.543 e. The first-order chi connectivity index (χ1) is 7.68. The molecule has 1 aliphatic heterocycles. The molecule has 0 saturated carbocycles. The van der Waals surface area contributed by atoms with Crippen molar-refractivity contribution in [1.29, 1.82) is 0 Å². The van der Waals surface area contributed by atoms with Gasteiger partial charge in [-0.2, -0.15) is 0 Å². The second kappa shape index (κ2) is 4.63. The SMILES string of the molecule is Cc1onc(C(=O)[O-])c1C[NH+]1CCOCC1. The predicted octanol–water partition coefficient (Wildman–Crippen LogP) is -2.24. The van der Waals surface area contributed by atoms with E-state index in [1.54, 1.807) is 6.92 Å². The highest BCUT2D eigenvalue weighted by Crippen LogP contribution is 2.11. The number of aromatic carboxylic acids is 1. The molecule has 1 saturated heterocycles. The number of carbonyl (C=O) groups is 1. The van der Waals surface area contributed by atoms with Gasteiger partial charge in [-0.3, -0.25) is 0 Å². The highest BCUT2D eigenvalue weighted by Gasteiger charge is 2.21. The summed E-state index contributed by atoms with van der Waals surface area (Å²) in [6, 6.07) is 0. The Bertz CT molecular complexity index is 382. The zero-order valence-corrected chi connectivity index (χ0v) is 9.12. The number of nitrogens with zero attached hydrogens (tertiary/aromatic N) is 1. The van der Waals surface area contributed by atoms with Crippen LogP contribution in [0.5, 0.6) is 0 Å². The normalized spacial score (nSPS) is 17.6. The second-order valence-corrected chi connectivity index (χ2v) is 3.89. The van der Waals surface area contributed by atoms with Crippen LogP contribution in [0.4, 0.5) is 0 Å². The Morgan fingerprint density at radius 3 is 2.81 bits per heavy atom. The number of hydrogen-bond acceptors (Lipinski definition) is 5. The van der Waals surface area contributed by atoms with Crippen LogP contribution in [0, 0.1) is 6.92 Å². The van der Waals surface area contributed by atoms with E-state index in [9.17, 15) is 9.90 Å². The number of carboxylic acid groups (broad SMARTS) is 1. The summed E-state index contributed by atoms with van der Waals surface area (Å²) < 4.78 is 10.1. The van der Waals surface area contributed by atoms with Gasteiger partial charge in [0, 0.05) is 0 Å². The summed E-state index contributed by atoms with van der Waals surface area (Å²) in [5.74, 6) is -0.724. The Morgan fingerprint density at radius 1 is 1.50 bits per heavy atom. The van der Waals surface area contributed by atoms with E-state index in [0.29, 0.717) is 31.1 Å². The molecule has 1 aromatic rings. The number of carbonyl (C=O) groups excluding carboxylic acids is 1. The average molecular weight is 226 g/mol. The smallest absolute Gasteiger partial charge is 0.143 e. The molecule has 6 nitrogen and oxygen atoms in total. The van der Waals surface area contributed by atoms with Crippen molar-refractivity contribution in [3.63, 3.8) is 0 Å². The molecule has 1 fully saturated rings. The molecule has 0 aliphatic carbocycles. The van der Waals surface area contributed by atoms with Crippen molar-refractivity contribution in [3.8, 4) is 0 Å². The summed E-state index contributed by atoms with van der Waals surface area (Å²) in [6.45, 7) is 5.48. The van der Waals surface area contributed by atoms with Crippen molar-refractivity contribution in [2.45, 2.75) is 13.5 Å². The lowest BCUT2D eigenvalue weighted by Crippen LogP contribution is -3.12. The third kappa shape index (κ3) is 2.23. The average Bonchev–Trinajstić information content (AvgIpc) is 2.62. The molecule has 0 atom stereocenters. The van der Waals surface area contributed by atoms with Crippen LogP contribution in [0.2, 0.25) is 0 Å². The van der Waals surface area contributed by atoms with E-state index in [1.165, 1.54) is 4.90 Å². The standard InChI is InChI=1S/C10H14N2O4/c1-7-8(9(10(13)14)11-16-7)6-12-2-4-15-5-3-12/h2-6H2,1H3,(H,13,14). The van der Waals surface area contributed by atoms with Gasteiger partial charge in [0.05, 0.1) is 24.7 Å². The van der Waals surface area contributed by atoms with Crippen LogP contribution in [0.1, 0.15) is 21.8 Å². The van der Waals surface area contributed by atoms with Gasteiger partial charge in [-0.1, -0.05) is 5.16 Å². The van der Waals surface area contributed by atoms with Crippen LogP contribution in [-0.2, 0) is 11.3 Å². The summed E-state index contributed by atoms with van der Waals surface area (Å²) >= 11 is 0. The number of rotatable bonds is 3. The van der Waals surface area contributed by atoms with Gasteiger partial charge >= 0.3 is 0 Å². The lowest BCUT2D eigenvalue weighted by atomic mass is 10.1. The Kier molecular flexibility index (Phi) is 3.21. The minimum Gasteiger partial charge on any atom is -0.543 e. The first kappa shape index (κ1) is 11.1. The number of aryl methyl sites for hydroxylation is 1. The quantitative estimate of drug-likeness (QED) is 0.630. The number of aromatic nitrogens is 1. The van der Waals surface area contributed by atoms with Gasteiger partial charge in [-0.05, 0) is 6.92 Å².